The lowest BCUT2D eigenvalue weighted by molar-refractivity contribution is -0.142. The minimum absolute atomic E-state index is 0.0106. The number of unbranched alkanes of at least 4 members (excludes halogenated alkanes) is 1. The number of aromatic nitrogens is 1. The topological polar surface area (TPSA) is 199 Å². The molecule has 0 aliphatic rings. The van der Waals surface area contributed by atoms with Crippen molar-refractivity contribution in [3.8, 4) is 0 Å². The Morgan fingerprint density at radius 2 is 1.51 bits per heavy atom. The van der Waals surface area contributed by atoms with E-state index in [1.165, 1.54) is 0 Å². The molecule has 0 spiro atoms. The van der Waals surface area contributed by atoms with Gasteiger partial charge in [-0.3, -0.25) is 14.2 Å². The monoisotopic (exact) mass is 825 g/mol. The van der Waals surface area contributed by atoms with Crippen LogP contribution in [0, 0.1) is 11.8 Å². The molecule has 314 valence electrons. The number of para-hydroxylation sites is 1. The summed E-state index contributed by atoms with van der Waals surface area (Å²) in [5, 5.41) is 24.2. The molecule has 0 saturated carbocycles. The molecule has 14 heteroatoms. The summed E-state index contributed by atoms with van der Waals surface area (Å²) < 4.78 is 19.9. The van der Waals surface area contributed by atoms with E-state index < -0.39 is 61.2 Å². The van der Waals surface area contributed by atoms with Gasteiger partial charge in [-0.15, -0.1) is 0 Å². The van der Waals surface area contributed by atoms with E-state index in [-0.39, 0.29) is 31.8 Å². The largest absolute Gasteiger partial charge is 0.480 e. The Morgan fingerprint density at radius 1 is 0.797 bits per heavy atom. The highest BCUT2D eigenvalue weighted by molar-refractivity contribution is 7.58. The molecule has 4 aromatic carbocycles. The fraction of sp³-hybridized carbons (Fsp3) is 0.378. The maximum absolute atomic E-state index is 14.6. The predicted octanol–water partition coefficient (Wildman–Crippen LogP) is 6.74. The lowest BCUT2D eigenvalue weighted by atomic mass is 9.97. The normalized spacial score (nSPS) is 14.5. The Balaban J connectivity index is 1.27. The summed E-state index contributed by atoms with van der Waals surface area (Å²) in [6.07, 6.45) is 2.47. The highest BCUT2D eigenvalue weighted by atomic mass is 31.2. The van der Waals surface area contributed by atoms with E-state index in [4.69, 9.17) is 4.74 Å². The van der Waals surface area contributed by atoms with Crippen molar-refractivity contribution in [2.24, 2.45) is 11.8 Å². The van der Waals surface area contributed by atoms with Crippen molar-refractivity contribution in [3.05, 3.63) is 120 Å². The second-order valence-electron chi connectivity index (χ2n) is 15.5. The van der Waals surface area contributed by atoms with Crippen molar-refractivity contribution in [2.45, 2.75) is 76.8 Å². The number of alkyl carbamates (subject to hydrolysis) is 1. The van der Waals surface area contributed by atoms with Gasteiger partial charge in [0.15, 0.2) is 0 Å². The average molecular weight is 826 g/mol. The lowest BCUT2D eigenvalue weighted by Crippen LogP contribution is -2.49. The van der Waals surface area contributed by atoms with Gasteiger partial charge in [-0.05, 0) is 72.2 Å². The molecule has 5 rings (SSSR count). The number of hydrogen-bond donors (Lipinski definition) is 7. The highest BCUT2D eigenvalue weighted by Gasteiger charge is 2.39. The molecule has 5 atom stereocenters. The molecule has 0 bridgehead atoms. The number of ether oxygens (including phenoxy) is 1. The molecule has 1 aromatic heterocycles. The average Bonchev–Trinajstić information content (AvgIpc) is 3.63. The number of amides is 3. The van der Waals surface area contributed by atoms with Crippen LogP contribution in [0.2, 0.25) is 0 Å². The Hall–Kier alpha value is -5.49. The zero-order valence-corrected chi connectivity index (χ0v) is 34.8. The van der Waals surface area contributed by atoms with Gasteiger partial charge in [-0.25, -0.2) is 9.59 Å². The number of aromatic amines is 1. The van der Waals surface area contributed by atoms with Crippen molar-refractivity contribution >= 4 is 52.9 Å². The molecular weight excluding hydrogens is 769 g/mol. The first-order valence-corrected chi connectivity index (χ1v) is 22.0. The first-order valence-electron chi connectivity index (χ1n) is 20.1. The summed E-state index contributed by atoms with van der Waals surface area (Å²) in [7, 11) is -2.73. The third kappa shape index (κ3) is 13.3. The molecule has 0 aliphatic carbocycles. The molecule has 59 heavy (non-hydrogen) atoms. The Kier molecular flexibility index (Phi) is 16.3. The number of carboxylic acid groups (broad SMARTS) is 1. The number of nitrogens with one attached hydrogen (secondary N) is 5. The van der Waals surface area contributed by atoms with Gasteiger partial charge >= 0.3 is 12.1 Å². The van der Waals surface area contributed by atoms with Crippen LogP contribution in [0.3, 0.4) is 0 Å². The van der Waals surface area contributed by atoms with Crippen LogP contribution < -0.4 is 21.3 Å². The minimum Gasteiger partial charge on any atom is -0.480 e. The van der Waals surface area contributed by atoms with E-state index in [0.717, 1.165) is 38.4 Å². The van der Waals surface area contributed by atoms with Gasteiger partial charge in [0.05, 0.1) is 6.04 Å². The van der Waals surface area contributed by atoms with E-state index in [1.807, 2.05) is 111 Å². The van der Waals surface area contributed by atoms with Crippen molar-refractivity contribution in [1.29, 1.82) is 0 Å². The third-order valence-electron chi connectivity index (χ3n) is 10.4. The van der Waals surface area contributed by atoms with Crippen LogP contribution in [-0.2, 0) is 43.1 Å². The number of carbonyl (C=O) groups is 4. The molecule has 3 unspecified atom stereocenters. The SMILES string of the molecule is CN[C@@H](CCCCNC(=O)OCc1ccccc1)C(=O)NC(Cc1ccc2ccccc2c1)P(=O)(O)CC(CC(C)C)C(=O)N[C@@H](Cc1c[nH]c2ccccc12)C(=O)O. The third-order valence-corrected chi connectivity index (χ3v) is 12.7. The molecule has 0 radical (unpaired) electrons. The van der Waals surface area contributed by atoms with Gasteiger partial charge in [-0.1, -0.05) is 105 Å². The predicted molar refractivity (Wildman–Crippen MR) is 230 cm³/mol. The summed E-state index contributed by atoms with van der Waals surface area (Å²) in [5.41, 5.74) is 3.16. The standard InChI is InChI=1S/C45H56N5O8P/c1-30(2)23-36(42(51)49-40(44(53)54)26-35-27-48-38-18-10-9-17-37(35)38)29-59(56,57)41(25-32-20-21-33-15-7-8-16-34(33)24-32)50-43(52)39(46-3)19-11-12-22-47-45(55)58-28-31-13-5-4-6-14-31/h4-10,13-18,20-21,24,27,30,36,39-41,46,48H,11-12,19,22-23,25-26,28-29H2,1-3H3,(H,47,55)(H,49,51)(H,50,52)(H,53,54)(H,56,57)/t36?,39-,40-,41?/m0/s1. The van der Waals surface area contributed by atoms with Gasteiger partial charge in [0.2, 0.25) is 19.2 Å². The quantitative estimate of drug-likeness (QED) is 0.0292. The van der Waals surface area contributed by atoms with Gasteiger partial charge in [-0.2, -0.15) is 0 Å². The molecule has 0 aliphatic heterocycles. The van der Waals surface area contributed by atoms with Crippen molar-refractivity contribution in [3.63, 3.8) is 0 Å². The molecule has 7 N–H and O–H groups in total. The van der Waals surface area contributed by atoms with E-state index in [1.54, 1.807) is 13.2 Å². The van der Waals surface area contributed by atoms with Crippen molar-refractivity contribution in [1.82, 2.24) is 26.3 Å². The van der Waals surface area contributed by atoms with E-state index in [9.17, 15) is 33.7 Å². The smallest absolute Gasteiger partial charge is 0.407 e. The number of carboxylic acids is 1. The maximum atomic E-state index is 14.6. The number of benzene rings is 4. The van der Waals surface area contributed by atoms with E-state index in [2.05, 4.69) is 26.3 Å². The molecule has 0 saturated heterocycles. The first kappa shape index (κ1) is 44.6. The number of carbonyl (C=O) groups excluding carboxylic acids is 3. The lowest BCUT2D eigenvalue weighted by Gasteiger charge is -2.30. The van der Waals surface area contributed by atoms with Crippen LogP contribution in [0.4, 0.5) is 4.79 Å². The van der Waals surface area contributed by atoms with Crippen LogP contribution >= 0.6 is 7.37 Å². The van der Waals surface area contributed by atoms with Crippen LogP contribution in [0.5, 0.6) is 0 Å². The Morgan fingerprint density at radius 3 is 2.24 bits per heavy atom. The highest BCUT2D eigenvalue weighted by Crippen LogP contribution is 2.49. The number of likely N-dealkylation sites (N-methyl/N-ethyl adjacent to an activating group) is 1. The first-order chi connectivity index (χ1) is 28.3. The number of aliphatic carboxylic acids is 1. The fourth-order valence-electron chi connectivity index (χ4n) is 7.28. The molecule has 5 aromatic rings. The van der Waals surface area contributed by atoms with Gasteiger partial charge < -0.3 is 41.0 Å². The van der Waals surface area contributed by atoms with E-state index in [0.29, 0.717) is 25.8 Å². The summed E-state index contributed by atoms with van der Waals surface area (Å²) in [6.45, 7) is 4.27. The molecule has 13 nitrogen and oxygen atoms in total. The second kappa shape index (κ2) is 21.5. The summed E-state index contributed by atoms with van der Waals surface area (Å²) in [5.74, 6) is -4.67. The molecule has 3 amide bonds. The number of H-pyrrole nitrogens is 1. The molecular formula is C45H56N5O8P. The zero-order chi connectivity index (χ0) is 42.4. The molecule has 1 heterocycles. The summed E-state index contributed by atoms with van der Waals surface area (Å²) in [6, 6.07) is 28.3. The van der Waals surface area contributed by atoms with Gasteiger partial charge in [0.1, 0.15) is 18.4 Å². The second-order valence-corrected chi connectivity index (χ2v) is 18.0. The van der Waals surface area contributed by atoms with E-state index >= 15 is 0 Å². The minimum atomic E-state index is -4.37. The van der Waals surface area contributed by atoms with Crippen molar-refractivity contribution < 1.29 is 38.5 Å². The summed E-state index contributed by atoms with van der Waals surface area (Å²) >= 11 is 0. The number of rotatable bonds is 22. The van der Waals surface area contributed by atoms with Gasteiger partial charge in [0.25, 0.3) is 0 Å². The fourth-order valence-corrected chi connectivity index (χ4v) is 9.31. The van der Waals surface area contributed by atoms with Gasteiger partial charge in [0, 0.05) is 48.6 Å². The zero-order valence-electron chi connectivity index (χ0n) is 33.9. The van der Waals surface area contributed by atoms with Crippen molar-refractivity contribution in [2.75, 3.05) is 19.8 Å². The van der Waals surface area contributed by atoms with Crippen LogP contribution in [0.1, 0.15) is 56.2 Å². The number of fused-ring (bicyclic) bond motifs is 2. The van der Waals surface area contributed by atoms with Crippen LogP contribution in [0.25, 0.3) is 21.7 Å². The maximum Gasteiger partial charge on any atom is 0.407 e. The van der Waals surface area contributed by atoms with Crippen LogP contribution in [0.15, 0.2) is 103 Å². The van der Waals surface area contributed by atoms with Crippen LogP contribution in [-0.4, -0.2) is 76.5 Å². The molecule has 0 fully saturated rings. The number of hydrogen-bond acceptors (Lipinski definition) is 7. The summed E-state index contributed by atoms with van der Waals surface area (Å²) in [4.78, 5) is 67.5. The Labute approximate surface area is 345 Å². The Bertz CT molecular complexity index is 2230.